The number of nitrogens with zero attached hydrogens (tertiary/aromatic N) is 3. The first-order valence-corrected chi connectivity index (χ1v) is 7.97. The molecule has 1 saturated heterocycles. The van der Waals surface area contributed by atoms with Crippen LogP contribution >= 0.6 is 23.7 Å². The summed E-state index contributed by atoms with van der Waals surface area (Å²) in [6, 6.07) is 2.04. The molecule has 2 atom stereocenters. The molecule has 3 heterocycles. The Morgan fingerprint density at radius 1 is 1.52 bits per heavy atom. The third kappa shape index (κ3) is 3.29. The zero-order chi connectivity index (χ0) is 14.1. The van der Waals surface area contributed by atoms with Crippen LogP contribution in [0.25, 0.3) is 4.96 Å². The molecule has 0 aliphatic carbocycles. The standard InChI is InChI=1S/C14H20N4OS.ClH/c1-10-3-2-4-17(12(10)8-15)9-11-7-13(19)18-5-6-20-14(18)16-11;/h5-7,10,12H,2-4,8-9,15H2,1H3;1H. The predicted octanol–water partition coefficient (Wildman–Crippen LogP) is 1.74. The minimum atomic E-state index is 0. The minimum Gasteiger partial charge on any atom is -0.329 e. The van der Waals surface area contributed by atoms with Gasteiger partial charge in [-0.15, -0.1) is 23.7 Å². The van der Waals surface area contributed by atoms with E-state index < -0.39 is 0 Å². The quantitative estimate of drug-likeness (QED) is 0.932. The van der Waals surface area contributed by atoms with E-state index in [1.807, 2.05) is 5.38 Å². The summed E-state index contributed by atoms with van der Waals surface area (Å²) in [4.78, 5) is 19.7. The highest BCUT2D eigenvalue weighted by atomic mass is 35.5. The molecule has 2 N–H and O–H groups in total. The largest absolute Gasteiger partial charge is 0.329 e. The molecule has 2 aromatic rings. The van der Waals surface area contributed by atoms with E-state index in [1.54, 1.807) is 16.7 Å². The number of hydrogen-bond acceptors (Lipinski definition) is 5. The Bertz CT molecular complexity index is 656. The van der Waals surface area contributed by atoms with Gasteiger partial charge in [-0.25, -0.2) is 4.98 Å². The van der Waals surface area contributed by atoms with Gasteiger partial charge in [0.25, 0.3) is 5.56 Å². The lowest BCUT2D eigenvalue weighted by molar-refractivity contribution is 0.0978. The number of hydrogen-bond donors (Lipinski definition) is 1. The first kappa shape index (κ1) is 16.4. The van der Waals surface area contributed by atoms with Gasteiger partial charge in [0.2, 0.25) is 0 Å². The van der Waals surface area contributed by atoms with Gasteiger partial charge in [0.1, 0.15) is 0 Å². The maximum Gasteiger partial charge on any atom is 0.258 e. The van der Waals surface area contributed by atoms with Gasteiger partial charge in [-0.05, 0) is 25.3 Å². The Morgan fingerprint density at radius 3 is 3.10 bits per heavy atom. The number of thiazole rings is 1. The topological polar surface area (TPSA) is 63.6 Å². The van der Waals surface area contributed by atoms with Crippen LogP contribution in [0.4, 0.5) is 0 Å². The lowest BCUT2D eigenvalue weighted by Crippen LogP contribution is -2.48. The highest BCUT2D eigenvalue weighted by Crippen LogP contribution is 2.23. The normalized spacial score (nSPS) is 23.1. The van der Waals surface area contributed by atoms with Crippen molar-refractivity contribution in [1.29, 1.82) is 0 Å². The van der Waals surface area contributed by atoms with E-state index in [4.69, 9.17) is 5.73 Å². The van der Waals surface area contributed by atoms with Crippen molar-refractivity contribution in [3.63, 3.8) is 0 Å². The molecular formula is C14H21ClN4OS. The van der Waals surface area contributed by atoms with Gasteiger partial charge in [-0.2, -0.15) is 0 Å². The highest BCUT2D eigenvalue weighted by molar-refractivity contribution is 7.15. The third-order valence-corrected chi connectivity index (χ3v) is 4.95. The maximum absolute atomic E-state index is 12.0. The van der Waals surface area contributed by atoms with Crippen molar-refractivity contribution in [2.45, 2.75) is 32.4 Å². The summed E-state index contributed by atoms with van der Waals surface area (Å²) in [6.07, 6.45) is 4.20. The average Bonchev–Trinajstić information content (AvgIpc) is 2.88. The minimum absolute atomic E-state index is 0. The van der Waals surface area contributed by atoms with Crippen LogP contribution in [0.15, 0.2) is 22.4 Å². The van der Waals surface area contributed by atoms with Crippen LogP contribution in [-0.2, 0) is 6.54 Å². The zero-order valence-corrected chi connectivity index (χ0v) is 13.7. The Hall–Kier alpha value is -0.950. The zero-order valence-electron chi connectivity index (χ0n) is 12.1. The molecule has 0 aromatic carbocycles. The molecule has 2 unspecified atom stereocenters. The molecule has 0 radical (unpaired) electrons. The first-order valence-electron chi connectivity index (χ1n) is 7.09. The molecule has 1 aliphatic rings. The van der Waals surface area contributed by atoms with Gasteiger partial charge >= 0.3 is 0 Å². The Labute approximate surface area is 134 Å². The molecule has 0 spiro atoms. The van der Waals surface area contributed by atoms with Gasteiger partial charge in [-0.3, -0.25) is 14.1 Å². The number of halogens is 1. The van der Waals surface area contributed by atoms with E-state index >= 15 is 0 Å². The van der Waals surface area contributed by atoms with Crippen LogP contribution < -0.4 is 11.3 Å². The van der Waals surface area contributed by atoms with Gasteiger partial charge < -0.3 is 5.73 Å². The molecule has 0 bridgehead atoms. The number of fused-ring (bicyclic) bond motifs is 1. The van der Waals surface area contributed by atoms with Crippen molar-refractivity contribution < 1.29 is 0 Å². The van der Waals surface area contributed by atoms with Gasteiger partial charge in [0.15, 0.2) is 4.96 Å². The summed E-state index contributed by atoms with van der Waals surface area (Å²) in [5.74, 6) is 0.611. The molecule has 5 nitrogen and oxygen atoms in total. The van der Waals surface area contributed by atoms with Crippen LogP contribution in [0.3, 0.4) is 0 Å². The summed E-state index contributed by atoms with van der Waals surface area (Å²) >= 11 is 1.49. The Balaban J connectivity index is 0.00000161. The smallest absolute Gasteiger partial charge is 0.258 e. The van der Waals surface area contributed by atoms with Crippen LogP contribution in [0.1, 0.15) is 25.5 Å². The second-order valence-corrected chi connectivity index (χ2v) is 6.41. The molecule has 0 saturated carbocycles. The average molecular weight is 329 g/mol. The lowest BCUT2D eigenvalue weighted by Gasteiger charge is -2.39. The summed E-state index contributed by atoms with van der Waals surface area (Å²) in [5, 5.41) is 1.89. The van der Waals surface area contributed by atoms with E-state index in [-0.39, 0.29) is 18.0 Å². The number of likely N-dealkylation sites (tertiary alicyclic amines) is 1. The van der Waals surface area contributed by atoms with Crippen molar-refractivity contribution in [1.82, 2.24) is 14.3 Å². The van der Waals surface area contributed by atoms with Gasteiger partial charge in [0, 0.05) is 36.8 Å². The second-order valence-electron chi connectivity index (χ2n) is 5.53. The molecular weight excluding hydrogens is 308 g/mol. The van der Waals surface area contributed by atoms with Crippen LogP contribution in [0.2, 0.25) is 0 Å². The molecule has 0 amide bonds. The first-order chi connectivity index (χ1) is 9.69. The third-order valence-electron chi connectivity index (χ3n) is 4.19. The predicted molar refractivity (Wildman–Crippen MR) is 88.2 cm³/mol. The summed E-state index contributed by atoms with van der Waals surface area (Å²) < 4.78 is 1.59. The van der Waals surface area contributed by atoms with Crippen molar-refractivity contribution in [3.05, 3.63) is 33.7 Å². The van der Waals surface area contributed by atoms with E-state index in [0.29, 0.717) is 18.5 Å². The summed E-state index contributed by atoms with van der Waals surface area (Å²) in [5.41, 5.74) is 6.77. The fourth-order valence-corrected chi connectivity index (χ4v) is 3.83. The highest BCUT2D eigenvalue weighted by Gasteiger charge is 2.27. The summed E-state index contributed by atoms with van der Waals surface area (Å²) in [6.45, 7) is 4.68. The van der Waals surface area contributed by atoms with Gasteiger partial charge in [-0.1, -0.05) is 6.92 Å². The van der Waals surface area contributed by atoms with E-state index in [1.165, 1.54) is 24.2 Å². The van der Waals surface area contributed by atoms with E-state index in [0.717, 1.165) is 23.7 Å². The van der Waals surface area contributed by atoms with Crippen LogP contribution in [0, 0.1) is 5.92 Å². The molecule has 7 heteroatoms. The second kappa shape index (κ2) is 6.87. The maximum atomic E-state index is 12.0. The fraction of sp³-hybridized carbons (Fsp3) is 0.571. The number of piperidine rings is 1. The number of nitrogens with two attached hydrogens (primary N) is 1. The molecule has 21 heavy (non-hydrogen) atoms. The monoisotopic (exact) mass is 328 g/mol. The molecule has 1 aliphatic heterocycles. The fourth-order valence-electron chi connectivity index (χ4n) is 3.09. The number of aromatic nitrogens is 2. The van der Waals surface area contributed by atoms with E-state index in [9.17, 15) is 4.79 Å². The van der Waals surface area contributed by atoms with Crippen molar-refractivity contribution in [3.8, 4) is 0 Å². The summed E-state index contributed by atoms with van der Waals surface area (Å²) in [7, 11) is 0. The SMILES string of the molecule is CC1CCCN(Cc2cc(=O)n3ccsc3n2)C1CN.Cl. The van der Waals surface area contributed by atoms with Crippen LogP contribution in [0.5, 0.6) is 0 Å². The molecule has 3 rings (SSSR count). The molecule has 2 aromatic heterocycles. The van der Waals surface area contributed by atoms with Crippen molar-refractivity contribution >= 4 is 28.7 Å². The Kier molecular flexibility index (Phi) is 5.37. The van der Waals surface area contributed by atoms with Crippen LogP contribution in [-0.4, -0.2) is 33.4 Å². The van der Waals surface area contributed by atoms with Crippen molar-refractivity contribution in [2.24, 2.45) is 11.7 Å². The molecule has 1 fully saturated rings. The number of rotatable bonds is 3. The Morgan fingerprint density at radius 2 is 2.33 bits per heavy atom. The van der Waals surface area contributed by atoms with Gasteiger partial charge in [0.05, 0.1) is 5.69 Å². The van der Waals surface area contributed by atoms with Crippen molar-refractivity contribution in [2.75, 3.05) is 13.1 Å². The lowest BCUT2D eigenvalue weighted by atomic mass is 9.90. The van der Waals surface area contributed by atoms with E-state index in [2.05, 4.69) is 16.8 Å². The molecule has 116 valence electrons.